The van der Waals surface area contributed by atoms with Gasteiger partial charge in [-0.1, -0.05) is 13.8 Å². The second-order valence-electron chi connectivity index (χ2n) is 8.44. The number of nitrogens with one attached hydrogen (secondary N) is 2. The van der Waals surface area contributed by atoms with E-state index in [4.69, 9.17) is 9.72 Å². The number of hydrogen-bond donors (Lipinski definition) is 2. The molecule has 3 aromatic rings. The fraction of sp³-hybridized carbons (Fsp3) is 0.500. The van der Waals surface area contributed by atoms with Gasteiger partial charge in [0, 0.05) is 49.6 Å². The Labute approximate surface area is 181 Å². The largest absolute Gasteiger partial charge is 0.378 e. The maximum absolute atomic E-state index is 12.6. The van der Waals surface area contributed by atoms with E-state index >= 15 is 0 Å². The van der Waals surface area contributed by atoms with Crippen molar-refractivity contribution in [1.29, 1.82) is 0 Å². The first-order chi connectivity index (χ1) is 14.9. The molecule has 0 saturated heterocycles. The number of methoxy groups -OCH3 is 1. The van der Waals surface area contributed by atoms with Gasteiger partial charge in [0.05, 0.1) is 12.3 Å². The lowest BCUT2D eigenvalue weighted by Gasteiger charge is -2.11. The maximum Gasteiger partial charge on any atom is 0.275 e. The number of nitrogens with zero attached hydrogens (tertiary/aromatic N) is 5. The number of aromatic nitrogens is 6. The zero-order valence-corrected chi connectivity index (χ0v) is 18.4. The van der Waals surface area contributed by atoms with E-state index in [1.807, 2.05) is 18.3 Å². The van der Waals surface area contributed by atoms with Gasteiger partial charge in [0.1, 0.15) is 11.5 Å². The summed E-state index contributed by atoms with van der Waals surface area (Å²) in [6.07, 6.45) is 4.92. The molecule has 0 unspecified atom stereocenters. The molecule has 164 valence electrons. The van der Waals surface area contributed by atoms with Crippen molar-refractivity contribution in [3.8, 4) is 0 Å². The molecular weight excluding hydrogens is 394 g/mol. The average molecular weight is 424 g/mol. The Morgan fingerprint density at radius 2 is 2.13 bits per heavy atom. The van der Waals surface area contributed by atoms with Crippen LogP contribution < -0.4 is 5.32 Å². The van der Waals surface area contributed by atoms with Crippen molar-refractivity contribution in [3.05, 3.63) is 53.0 Å². The molecule has 1 amide bonds. The van der Waals surface area contributed by atoms with E-state index in [0.29, 0.717) is 41.6 Å². The highest BCUT2D eigenvalue weighted by Gasteiger charge is 2.30. The second-order valence-corrected chi connectivity index (χ2v) is 8.44. The summed E-state index contributed by atoms with van der Waals surface area (Å²) in [5.74, 6) is 2.28. The third kappa shape index (κ3) is 4.66. The third-order valence-corrected chi connectivity index (χ3v) is 5.82. The third-order valence-electron chi connectivity index (χ3n) is 5.82. The number of rotatable bonds is 7. The van der Waals surface area contributed by atoms with Gasteiger partial charge in [-0.2, -0.15) is 10.2 Å². The highest BCUT2D eigenvalue weighted by atomic mass is 16.5. The zero-order chi connectivity index (χ0) is 22.0. The number of amides is 1. The Hall–Kier alpha value is -3.07. The number of hydrogen-bond acceptors (Lipinski definition) is 6. The highest BCUT2D eigenvalue weighted by Crippen LogP contribution is 2.42. The van der Waals surface area contributed by atoms with Gasteiger partial charge in [-0.05, 0) is 37.3 Å². The minimum Gasteiger partial charge on any atom is -0.378 e. The summed E-state index contributed by atoms with van der Waals surface area (Å²) in [6, 6.07) is 5.63. The predicted molar refractivity (Wildman–Crippen MR) is 116 cm³/mol. The van der Waals surface area contributed by atoms with Gasteiger partial charge in [0.25, 0.3) is 5.91 Å². The van der Waals surface area contributed by atoms with Crippen LogP contribution in [0.1, 0.15) is 84.3 Å². The van der Waals surface area contributed by atoms with Gasteiger partial charge >= 0.3 is 0 Å². The number of aromatic amines is 1. The SMILES string of the molecule is COCc1cc(C(=O)Nc2cc([C@H]3CC[C@@H](c4nccc(C(C)C)n4)C3)[nH]n2)n(C)n1. The molecule has 0 aliphatic heterocycles. The van der Waals surface area contributed by atoms with E-state index in [9.17, 15) is 4.79 Å². The van der Waals surface area contributed by atoms with Crippen molar-refractivity contribution >= 4 is 11.7 Å². The fourth-order valence-corrected chi connectivity index (χ4v) is 4.15. The van der Waals surface area contributed by atoms with Crippen LogP contribution in [0.5, 0.6) is 0 Å². The van der Waals surface area contributed by atoms with Gasteiger partial charge in [-0.3, -0.25) is 14.6 Å². The van der Waals surface area contributed by atoms with Gasteiger partial charge in [-0.25, -0.2) is 9.97 Å². The fourth-order valence-electron chi connectivity index (χ4n) is 4.15. The summed E-state index contributed by atoms with van der Waals surface area (Å²) in [4.78, 5) is 21.9. The van der Waals surface area contributed by atoms with E-state index in [1.165, 1.54) is 0 Å². The smallest absolute Gasteiger partial charge is 0.275 e. The Balaban J connectivity index is 1.40. The molecule has 0 bridgehead atoms. The number of H-pyrrole nitrogens is 1. The quantitative estimate of drug-likeness (QED) is 0.602. The molecule has 1 saturated carbocycles. The molecule has 2 N–H and O–H groups in total. The summed E-state index contributed by atoms with van der Waals surface area (Å²) in [6.45, 7) is 4.65. The predicted octanol–water partition coefficient (Wildman–Crippen LogP) is 3.51. The van der Waals surface area contributed by atoms with Crippen LogP contribution in [0.15, 0.2) is 24.4 Å². The number of carbonyl (C=O) groups is 1. The standard InChI is InChI=1S/C22H29N7O2/c1-13(2)17-7-8-23-21(24-17)15-6-5-14(9-15)18-11-20(27-26-18)25-22(30)19-10-16(12-31-4)28-29(19)3/h7-8,10-11,13-15H,5-6,9,12H2,1-4H3,(H2,25,26,27,30)/t14-,15+/m0/s1. The molecular formula is C22H29N7O2. The van der Waals surface area contributed by atoms with Crippen LogP contribution in [0.3, 0.4) is 0 Å². The van der Waals surface area contributed by atoms with Crippen LogP contribution in [0.25, 0.3) is 0 Å². The minimum atomic E-state index is -0.251. The van der Waals surface area contributed by atoms with E-state index in [-0.39, 0.29) is 5.91 Å². The van der Waals surface area contributed by atoms with Gasteiger partial charge in [0.15, 0.2) is 5.82 Å². The van der Waals surface area contributed by atoms with Gasteiger partial charge in [-0.15, -0.1) is 0 Å². The van der Waals surface area contributed by atoms with Crippen molar-refractivity contribution in [1.82, 2.24) is 29.9 Å². The minimum absolute atomic E-state index is 0.251. The lowest BCUT2D eigenvalue weighted by atomic mass is 10.0. The molecule has 0 radical (unpaired) electrons. The van der Waals surface area contributed by atoms with Gasteiger partial charge in [0.2, 0.25) is 0 Å². The lowest BCUT2D eigenvalue weighted by molar-refractivity contribution is 0.101. The summed E-state index contributed by atoms with van der Waals surface area (Å²) in [5.41, 5.74) is 3.28. The number of carbonyl (C=O) groups excluding carboxylic acids is 1. The molecule has 31 heavy (non-hydrogen) atoms. The average Bonchev–Trinajstić information content (AvgIpc) is 3.48. The van der Waals surface area contributed by atoms with Crippen LogP contribution in [0, 0.1) is 0 Å². The topological polar surface area (TPSA) is 111 Å². The van der Waals surface area contributed by atoms with E-state index in [1.54, 1.807) is 24.9 Å². The summed E-state index contributed by atoms with van der Waals surface area (Å²) in [5, 5.41) is 14.5. The summed E-state index contributed by atoms with van der Waals surface area (Å²) < 4.78 is 6.63. The Kier molecular flexibility index (Phi) is 6.13. The first-order valence-corrected chi connectivity index (χ1v) is 10.7. The number of anilines is 1. The summed E-state index contributed by atoms with van der Waals surface area (Å²) >= 11 is 0. The molecule has 1 fully saturated rings. The van der Waals surface area contributed by atoms with Crippen LogP contribution in [-0.4, -0.2) is 43.0 Å². The molecule has 4 rings (SSSR count). The van der Waals surface area contributed by atoms with Crippen molar-refractivity contribution < 1.29 is 9.53 Å². The molecule has 9 nitrogen and oxygen atoms in total. The maximum atomic E-state index is 12.6. The zero-order valence-electron chi connectivity index (χ0n) is 18.4. The van der Waals surface area contributed by atoms with Crippen LogP contribution >= 0.6 is 0 Å². The van der Waals surface area contributed by atoms with E-state index in [0.717, 1.165) is 36.5 Å². The molecule has 2 atom stereocenters. The molecule has 9 heteroatoms. The van der Waals surface area contributed by atoms with E-state index in [2.05, 4.69) is 39.4 Å². The van der Waals surface area contributed by atoms with Crippen LogP contribution in [0.2, 0.25) is 0 Å². The monoisotopic (exact) mass is 423 g/mol. The second kappa shape index (κ2) is 8.97. The molecule has 0 aromatic carbocycles. The van der Waals surface area contributed by atoms with Crippen LogP contribution in [0.4, 0.5) is 5.82 Å². The lowest BCUT2D eigenvalue weighted by Crippen LogP contribution is -2.16. The van der Waals surface area contributed by atoms with Gasteiger partial charge < -0.3 is 10.1 Å². The molecule has 3 aromatic heterocycles. The summed E-state index contributed by atoms with van der Waals surface area (Å²) in [7, 11) is 3.33. The number of aryl methyl sites for hydroxylation is 1. The Bertz CT molecular complexity index is 1060. The Morgan fingerprint density at radius 3 is 2.90 bits per heavy atom. The number of ether oxygens (including phenoxy) is 1. The first kappa shape index (κ1) is 21.2. The Morgan fingerprint density at radius 1 is 1.32 bits per heavy atom. The molecule has 1 aliphatic carbocycles. The van der Waals surface area contributed by atoms with Crippen LogP contribution in [-0.2, 0) is 18.4 Å². The normalized spacial score (nSPS) is 18.6. The van der Waals surface area contributed by atoms with Crippen molar-refractivity contribution in [2.45, 2.75) is 57.5 Å². The molecule has 3 heterocycles. The van der Waals surface area contributed by atoms with Crippen molar-refractivity contribution in [2.24, 2.45) is 7.05 Å². The van der Waals surface area contributed by atoms with Crippen molar-refractivity contribution in [2.75, 3.05) is 12.4 Å². The first-order valence-electron chi connectivity index (χ1n) is 10.7. The van der Waals surface area contributed by atoms with Crippen molar-refractivity contribution in [3.63, 3.8) is 0 Å². The van der Waals surface area contributed by atoms with E-state index < -0.39 is 0 Å². The molecule has 0 spiro atoms. The highest BCUT2D eigenvalue weighted by molar-refractivity contribution is 6.02. The molecule has 1 aliphatic rings.